The molecule has 8 heteroatoms. The van der Waals surface area contributed by atoms with Crippen molar-refractivity contribution in [1.29, 1.82) is 0 Å². The molecule has 0 radical (unpaired) electrons. The van der Waals surface area contributed by atoms with E-state index in [1.807, 2.05) is 0 Å². The second kappa shape index (κ2) is 8.93. The van der Waals surface area contributed by atoms with Crippen molar-refractivity contribution < 1.29 is 28.6 Å². The van der Waals surface area contributed by atoms with Crippen LogP contribution >= 0.6 is 11.6 Å². The zero-order valence-electron chi connectivity index (χ0n) is 16.3. The number of carbonyl (C=O) groups is 3. The number of ketones is 1. The molecular weight excluding hydrogens is 386 g/mol. The Morgan fingerprint density at radius 2 is 1.86 bits per heavy atom. The summed E-state index contributed by atoms with van der Waals surface area (Å²) in [5, 5.41) is 0.459. The second-order valence-corrected chi connectivity index (χ2v) is 6.68. The Balaban J connectivity index is 2.14. The molecule has 1 aromatic carbocycles. The molecule has 0 amide bonds. The first-order chi connectivity index (χ1) is 13.2. The molecule has 2 aromatic rings. The number of methoxy groups -OCH3 is 2. The van der Waals surface area contributed by atoms with Crippen molar-refractivity contribution in [3.63, 3.8) is 0 Å². The summed E-state index contributed by atoms with van der Waals surface area (Å²) in [5.74, 6) is -1.08. The molecule has 0 aliphatic carbocycles. The SMILES string of the molecule is COC(=O)c1c(C)[nH]c(C(=O)[C@@H](C)OC(=O)Cc2cc(Cl)ccc2OC)c1C. The monoisotopic (exact) mass is 407 g/mol. The molecule has 28 heavy (non-hydrogen) atoms. The minimum absolute atomic E-state index is 0.0997. The summed E-state index contributed by atoms with van der Waals surface area (Å²) in [6.07, 6.45) is -1.14. The molecule has 0 aliphatic heterocycles. The fourth-order valence-electron chi connectivity index (χ4n) is 2.94. The van der Waals surface area contributed by atoms with Crippen LogP contribution in [0.1, 0.15) is 44.6 Å². The number of rotatable bonds is 7. The highest BCUT2D eigenvalue weighted by molar-refractivity contribution is 6.30. The molecule has 0 unspecified atom stereocenters. The number of ether oxygens (including phenoxy) is 3. The summed E-state index contributed by atoms with van der Waals surface area (Å²) in [6.45, 7) is 4.77. The van der Waals surface area contributed by atoms with E-state index in [9.17, 15) is 14.4 Å². The number of Topliss-reactive ketones (excluding diaryl/α,β-unsaturated/α-hetero) is 1. The highest BCUT2D eigenvalue weighted by Gasteiger charge is 2.27. The Bertz CT molecular complexity index is 918. The van der Waals surface area contributed by atoms with Crippen molar-refractivity contribution in [2.24, 2.45) is 0 Å². The van der Waals surface area contributed by atoms with Gasteiger partial charge in [-0.2, -0.15) is 0 Å². The number of benzene rings is 1. The van der Waals surface area contributed by atoms with Gasteiger partial charge in [-0.25, -0.2) is 4.79 Å². The van der Waals surface area contributed by atoms with E-state index < -0.39 is 23.8 Å². The minimum Gasteiger partial charge on any atom is -0.496 e. The number of aromatic nitrogens is 1. The highest BCUT2D eigenvalue weighted by atomic mass is 35.5. The van der Waals surface area contributed by atoms with Crippen LogP contribution in [-0.2, 0) is 20.7 Å². The van der Waals surface area contributed by atoms with Gasteiger partial charge in [-0.05, 0) is 44.5 Å². The lowest BCUT2D eigenvalue weighted by Crippen LogP contribution is -2.26. The Hall–Kier alpha value is -2.80. The Morgan fingerprint density at radius 3 is 2.46 bits per heavy atom. The van der Waals surface area contributed by atoms with Gasteiger partial charge in [0.2, 0.25) is 5.78 Å². The maximum atomic E-state index is 12.7. The van der Waals surface area contributed by atoms with Gasteiger partial charge >= 0.3 is 11.9 Å². The van der Waals surface area contributed by atoms with Crippen LogP contribution in [0.2, 0.25) is 5.02 Å². The molecule has 0 spiro atoms. The number of aryl methyl sites for hydroxylation is 1. The Kier molecular flexibility index (Phi) is 6.85. The molecule has 1 aromatic heterocycles. The predicted octanol–water partition coefficient (Wildman–Crippen LogP) is 3.44. The van der Waals surface area contributed by atoms with Crippen molar-refractivity contribution in [3.05, 3.63) is 51.3 Å². The summed E-state index contributed by atoms with van der Waals surface area (Å²) in [4.78, 5) is 39.7. The second-order valence-electron chi connectivity index (χ2n) is 6.25. The van der Waals surface area contributed by atoms with Gasteiger partial charge in [-0.15, -0.1) is 0 Å². The van der Waals surface area contributed by atoms with E-state index in [-0.39, 0.29) is 12.1 Å². The maximum absolute atomic E-state index is 12.7. The number of nitrogens with one attached hydrogen (secondary N) is 1. The third-order valence-electron chi connectivity index (χ3n) is 4.33. The van der Waals surface area contributed by atoms with E-state index in [0.717, 1.165) is 0 Å². The lowest BCUT2D eigenvalue weighted by molar-refractivity contribution is -0.145. The average molecular weight is 408 g/mol. The Morgan fingerprint density at radius 1 is 1.18 bits per heavy atom. The summed E-state index contributed by atoms with van der Waals surface area (Å²) < 4.78 is 15.2. The van der Waals surface area contributed by atoms with E-state index in [2.05, 4.69) is 4.98 Å². The largest absolute Gasteiger partial charge is 0.496 e. The quantitative estimate of drug-likeness (QED) is 0.558. The smallest absolute Gasteiger partial charge is 0.339 e. The number of halogens is 1. The van der Waals surface area contributed by atoms with Crippen LogP contribution in [0.5, 0.6) is 5.75 Å². The highest BCUT2D eigenvalue weighted by Crippen LogP contribution is 2.24. The average Bonchev–Trinajstić information content (AvgIpc) is 2.94. The zero-order valence-corrected chi connectivity index (χ0v) is 17.1. The van der Waals surface area contributed by atoms with Crippen molar-refractivity contribution in [1.82, 2.24) is 4.98 Å². The fourth-order valence-corrected chi connectivity index (χ4v) is 3.14. The number of H-pyrrole nitrogens is 1. The molecule has 0 saturated carbocycles. The Labute approximate surface area is 167 Å². The van der Waals surface area contributed by atoms with Gasteiger partial charge in [0.05, 0.1) is 31.9 Å². The van der Waals surface area contributed by atoms with Gasteiger partial charge in [0.1, 0.15) is 5.75 Å². The summed E-state index contributed by atoms with van der Waals surface area (Å²) in [5.41, 5.74) is 2.02. The third-order valence-corrected chi connectivity index (χ3v) is 4.56. The van der Waals surface area contributed by atoms with E-state index in [1.165, 1.54) is 21.1 Å². The molecule has 7 nitrogen and oxygen atoms in total. The lowest BCUT2D eigenvalue weighted by atomic mass is 10.1. The number of hydrogen-bond acceptors (Lipinski definition) is 6. The molecule has 1 heterocycles. The molecule has 150 valence electrons. The first kappa shape index (κ1) is 21.5. The van der Waals surface area contributed by atoms with Crippen LogP contribution in [-0.4, -0.2) is 43.0 Å². The van der Waals surface area contributed by atoms with Gasteiger partial charge < -0.3 is 19.2 Å². The first-order valence-electron chi connectivity index (χ1n) is 8.53. The number of carbonyl (C=O) groups excluding carboxylic acids is 3. The summed E-state index contributed by atoms with van der Waals surface area (Å²) in [7, 11) is 2.75. The number of hydrogen-bond donors (Lipinski definition) is 1. The van der Waals surface area contributed by atoms with E-state index in [0.29, 0.717) is 33.2 Å². The third kappa shape index (κ3) is 4.54. The molecule has 0 fully saturated rings. The molecule has 2 rings (SSSR count). The molecule has 1 atom stereocenters. The lowest BCUT2D eigenvalue weighted by Gasteiger charge is -2.13. The number of esters is 2. The molecule has 1 N–H and O–H groups in total. The predicted molar refractivity (Wildman–Crippen MR) is 103 cm³/mol. The van der Waals surface area contributed by atoms with Crippen LogP contribution in [0.25, 0.3) is 0 Å². The molecule has 0 bridgehead atoms. The van der Waals surface area contributed by atoms with Gasteiger partial charge in [0.15, 0.2) is 6.10 Å². The minimum atomic E-state index is -1.04. The van der Waals surface area contributed by atoms with Crippen molar-refractivity contribution in [3.8, 4) is 5.75 Å². The van der Waals surface area contributed by atoms with Crippen LogP contribution in [0, 0.1) is 13.8 Å². The fraction of sp³-hybridized carbons (Fsp3) is 0.350. The van der Waals surface area contributed by atoms with Gasteiger partial charge in [0.25, 0.3) is 0 Å². The van der Waals surface area contributed by atoms with Crippen LogP contribution in [0.3, 0.4) is 0 Å². The first-order valence-corrected chi connectivity index (χ1v) is 8.91. The van der Waals surface area contributed by atoms with Crippen LogP contribution in [0.15, 0.2) is 18.2 Å². The van der Waals surface area contributed by atoms with E-state index in [4.69, 9.17) is 25.8 Å². The van der Waals surface area contributed by atoms with E-state index >= 15 is 0 Å². The van der Waals surface area contributed by atoms with Crippen LogP contribution < -0.4 is 4.74 Å². The summed E-state index contributed by atoms with van der Waals surface area (Å²) in [6, 6.07) is 4.91. The van der Waals surface area contributed by atoms with E-state index in [1.54, 1.807) is 32.0 Å². The van der Waals surface area contributed by atoms with Crippen molar-refractivity contribution >= 4 is 29.3 Å². The molecular formula is C20H22ClNO6. The maximum Gasteiger partial charge on any atom is 0.339 e. The molecule has 0 aliphatic rings. The van der Waals surface area contributed by atoms with Crippen molar-refractivity contribution in [2.75, 3.05) is 14.2 Å². The topological polar surface area (TPSA) is 94.7 Å². The van der Waals surface area contributed by atoms with Crippen LogP contribution in [0.4, 0.5) is 0 Å². The summed E-state index contributed by atoms with van der Waals surface area (Å²) >= 11 is 5.96. The van der Waals surface area contributed by atoms with Gasteiger partial charge in [-0.3, -0.25) is 9.59 Å². The van der Waals surface area contributed by atoms with Gasteiger partial charge in [-0.1, -0.05) is 11.6 Å². The van der Waals surface area contributed by atoms with Gasteiger partial charge in [0, 0.05) is 16.3 Å². The van der Waals surface area contributed by atoms with Crippen molar-refractivity contribution in [2.45, 2.75) is 33.3 Å². The standard InChI is InChI=1S/C20H22ClNO6/c1-10-17(20(25)27-5)11(2)22-18(10)19(24)12(3)28-16(23)9-13-8-14(21)6-7-15(13)26-4/h6-8,12,22H,9H2,1-5H3/t12-/m1/s1. The molecule has 0 saturated heterocycles. The zero-order chi connectivity index (χ0) is 21.0. The normalized spacial score (nSPS) is 11.6. The number of aromatic amines is 1.